The van der Waals surface area contributed by atoms with E-state index in [0.29, 0.717) is 0 Å². The molecule has 2 aromatic rings. The third-order valence-electron chi connectivity index (χ3n) is 4.11. The Morgan fingerprint density at radius 2 is 1.83 bits per heavy atom. The minimum Gasteiger partial charge on any atom is -0.496 e. The molecule has 0 radical (unpaired) electrons. The van der Waals surface area contributed by atoms with Crippen molar-refractivity contribution < 1.29 is 14.3 Å². The predicted molar refractivity (Wildman–Crippen MR) is 95.7 cm³/mol. The molecule has 0 aromatic heterocycles. The molecule has 2 aromatic carbocycles. The van der Waals surface area contributed by atoms with E-state index in [1.807, 2.05) is 58.0 Å². The summed E-state index contributed by atoms with van der Waals surface area (Å²) in [6, 6.07) is 11.6. The molecule has 0 saturated heterocycles. The summed E-state index contributed by atoms with van der Waals surface area (Å²) in [4.78, 5) is 12.2. The summed E-state index contributed by atoms with van der Waals surface area (Å²) in [5.41, 5.74) is 4.28. The summed E-state index contributed by atoms with van der Waals surface area (Å²) in [5, 5.41) is 2.95. The van der Waals surface area contributed by atoms with Crippen LogP contribution in [0.3, 0.4) is 0 Å². The van der Waals surface area contributed by atoms with Crippen LogP contribution < -0.4 is 14.8 Å². The zero-order chi connectivity index (χ0) is 17.7. The molecule has 0 unspecified atom stereocenters. The standard InChI is InChI=1S/C20H25NO3/c1-13-10-14(2)15(3)19(11-13)24-12-20(22)21-16(4)17-8-6-7-9-18(17)23-5/h6-11,16H,12H2,1-5H3,(H,21,22)/t16-/m1/s1. The fourth-order valence-electron chi connectivity index (χ4n) is 2.68. The van der Waals surface area contributed by atoms with Crippen molar-refractivity contribution in [2.24, 2.45) is 0 Å². The Hall–Kier alpha value is -2.49. The van der Waals surface area contributed by atoms with Crippen molar-refractivity contribution >= 4 is 5.91 Å². The summed E-state index contributed by atoms with van der Waals surface area (Å²) < 4.78 is 11.0. The third kappa shape index (κ3) is 4.28. The molecule has 0 spiro atoms. The molecule has 0 bridgehead atoms. The van der Waals surface area contributed by atoms with Crippen LogP contribution in [0, 0.1) is 20.8 Å². The largest absolute Gasteiger partial charge is 0.496 e. The van der Waals surface area contributed by atoms with Crippen LogP contribution in [0.25, 0.3) is 0 Å². The smallest absolute Gasteiger partial charge is 0.258 e. The minimum atomic E-state index is -0.160. The first-order chi connectivity index (χ1) is 11.4. The topological polar surface area (TPSA) is 47.6 Å². The zero-order valence-corrected chi connectivity index (χ0v) is 15.0. The van der Waals surface area contributed by atoms with Crippen molar-refractivity contribution in [2.45, 2.75) is 33.7 Å². The van der Waals surface area contributed by atoms with Gasteiger partial charge in [-0.15, -0.1) is 0 Å². The Balaban J connectivity index is 1.99. The molecule has 2 rings (SSSR count). The Labute approximate surface area is 143 Å². The van der Waals surface area contributed by atoms with E-state index >= 15 is 0 Å². The van der Waals surface area contributed by atoms with Crippen LogP contribution in [-0.4, -0.2) is 19.6 Å². The Kier molecular flexibility index (Phi) is 5.85. The van der Waals surface area contributed by atoms with Gasteiger partial charge in [-0.25, -0.2) is 0 Å². The molecule has 24 heavy (non-hydrogen) atoms. The normalized spacial score (nSPS) is 11.7. The maximum absolute atomic E-state index is 12.2. The number of carbonyl (C=O) groups excluding carboxylic acids is 1. The monoisotopic (exact) mass is 327 g/mol. The van der Waals surface area contributed by atoms with Crippen molar-refractivity contribution in [3.63, 3.8) is 0 Å². The lowest BCUT2D eigenvalue weighted by atomic mass is 10.1. The lowest BCUT2D eigenvalue weighted by molar-refractivity contribution is -0.123. The highest BCUT2D eigenvalue weighted by atomic mass is 16.5. The molecule has 1 amide bonds. The van der Waals surface area contributed by atoms with Gasteiger partial charge in [-0.2, -0.15) is 0 Å². The lowest BCUT2D eigenvalue weighted by Crippen LogP contribution is -2.31. The van der Waals surface area contributed by atoms with Gasteiger partial charge in [0.1, 0.15) is 11.5 Å². The number of rotatable bonds is 6. The molecule has 0 fully saturated rings. The van der Waals surface area contributed by atoms with E-state index in [1.165, 1.54) is 0 Å². The number of ether oxygens (including phenoxy) is 2. The molecule has 128 valence electrons. The van der Waals surface area contributed by atoms with Gasteiger partial charge in [0.05, 0.1) is 13.2 Å². The van der Waals surface area contributed by atoms with Crippen LogP contribution in [0.15, 0.2) is 36.4 Å². The molecule has 1 atom stereocenters. The van der Waals surface area contributed by atoms with Gasteiger partial charge in [0.2, 0.25) is 0 Å². The van der Waals surface area contributed by atoms with Crippen LogP contribution in [-0.2, 0) is 4.79 Å². The number of hydrogen-bond donors (Lipinski definition) is 1. The van der Waals surface area contributed by atoms with Gasteiger partial charge in [-0.05, 0) is 56.5 Å². The summed E-state index contributed by atoms with van der Waals surface area (Å²) in [5.74, 6) is 1.36. The average Bonchev–Trinajstić information content (AvgIpc) is 2.56. The minimum absolute atomic E-state index is 0.0107. The van der Waals surface area contributed by atoms with E-state index in [1.54, 1.807) is 7.11 Å². The molecular formula is C20H25NO3. The summed E-state index contributed by atoms with van der Waals surface area (Å²) in [7, 11) is 1.62. The highest BCUT2D eigenvalue weighted by molar-refractivity contribution is 5.78. The number of benzene rings is 2. The van der Waals surface area contributed by atoms with Crippen molar-refractivity contribution in [2.75, 3.05) is 13.7 Å². The van der Waals surface area contributed by atoms with Gasteiger partial charge >= 0.3 is 0 Å². The SMILES string of the molecule is COc1ccccc1[C@@H](C)NC(=O)COc1cc(C)cc(C)c1C. The number of nitrogens with one attached hydrogen (secondary N) is 1. The number of hydrogen-bond acceptors (Lipinski definition) is 3. The predicted octanol–water partition coefficient (Wildman–Crippen LogP) is 3.88. The fraction of sp³-hybridized carbons (Fsp3) is 0.350. The summed E-state index contributed by atoms with van der Waals surface area (Å²) >= 11 is 0. The first-order valence-electron chi connectivity index (χ1n) is 8.05. The van der Waals surface area contributed by atoms with E-state index in [9.17, 15) is 4.79 Å². The number of carbonyl (C=O) groups is 1. The van der Waals surface area contributed by atoms with Crippen LogP contribution in [0.1, 0.15) is 35.2 Å². The van der Waals surface area contributed by atoms with Gasteiger partial charge in [0, 0.05) is 5.56 Å². The van der Waals surface area contributed by atoms with Gasteiger partial charge in [0.25, 0.3) is 5.91 Å². The molecule has 4 heteroatoms. The summed E-state index contributed by atoms with van der Waals surface area (Å²) in [6.07, 6.45) is 0. The summed E-state index contributed by atoms with van der Waals surface area (Å²) in [6.45, 7) is 7.97. The van der Waals surface area contributed by atoms with Crippen LogP contribution in [0.4, 0.5) is 0 Å². The molecule has 1 N–H and O–H groups in total. The number of amides is 1. The highest BCUT2D eigenvalue weighted by Gasteiger charge is 2.14. The third-order valence-corrected chi connectivity index (χ3v) is 4.11. The molecule has 0 saturated carbocycles. The first-order valence-corrected chi connectivity index (χ1v) is 8.05. The van der Waals surface area contributed by atoms with Crippen LogP contribution >= 0.6 is 0 Å². The van der Waals surface area contributed by atoms with Crippen LogP contribution in [0.2, 0.25) is 0 Å². The van der Waals surface area contributed by atoms with Gasteiger partial charge in [-0.3, -0.25) is 4.79 Å². The van der Waals surface area contributed by atoms with E-state index in [4.69, 9.17) is 9.47 Å². The van der Waals surface area contributed by atoms with E-state index in [0.717, 1.165) is 33.8 Å². The Morgan fingerprint density at radius 3 is 2.54 bits per heavy atom. The number of para-hydroxylation sites is 1. The molecule has 0 aliphatic heterocycles. The van der Waals surface area contributed by atoms with E-state index < -0.39 is 0 Å². The molecule has 4 nitrogen and oxygen atoms in total. The lowest BCUT2D eigenvalue weighted by Gasteiger charge is -2.18. The maximum atomic E-state index is 12.2. The molecule has 0 heterocycles. The Bertz CT molecular complexity index is 725. The first kappa shape index (κ1) is 17.9. The molecule has 0 aliphatic carbocycles. The van der Waals surface area contributed by atoms with Crippen molar-refractivity contribution in [3.05, 3.63) is 58.7 Å². The quantitative estimate of drug-likeness (QED) is 0.876. The molecule has 0 aliphatic rings. The van der Waals surface area contributed by atoms with E-state index in [2.05, 4.69) is 11.4 Å². The van der Waals surface area contributed by atoms with Gasteiger partial charge in [-0.1, -0.05) is 24.3 Å². The second kappa shape index (κ2) is 7.86. The van der Waals surface area contributed by atoms with Crippen LogP contribution in [0.5, 0.6) is 11.5 Å². The van der Waals surface area contributed by atoms with E-state index in [-0.39, 0.29) is 18.6 Å². The van der Waals surface area contributed by atoms with Crippen molar-refractivity contribution in [1.82, 2.24) is 5.32 Å². The van der Waals surface area contributed by atoms with Gasteiger partial charge < -0.3 is 14.8 Å². The average molecular weight is 327 g/mol. The number of methoxy groups -OCH3 is 1. The Morgan fingerprint density at radius 1 is 1.12 bits per heavy atom. The zero-order valence-electron chi connectivity index (χ0n) is 15.0. The highest BCUT2D eigenvalue weighted by Crippen LogP contribution is 2.25. The fourth-order valence-corrected chi connectivity index (χ4v) is 2.68. The van der Waals surface area contributed by atoms with Gasteiger partial charge in [0.15, 0.2) is 6.61 Å². The van der Waals surface area contributed by atoms with Crippen molar-refractivity contribution in [3.8, 4) is 11.5 Å². The second-order valence-corrected chi connectivity index (χ2v) is 6.02. The number of aryl methyl sites for hydroxylation is 2. The molecular weight excluding hydrogens is 302 g/mol. The second-order valence-electron chi connectivity index (χ2n) is 6.02. The maximum Gasteiger partial charge on any atom is 0.258 e. The van der Waals surface area contributed by atoms with Crippen molar-refractivity contribution in [1.29, 1.82) is 0 Å².